The molecule has 0 aliphatic heterocycles. The molecule has 0 spiro atoms. The van der Waals surface area contributed by atoms with Gasteiger partial charge in [0.25, 0.3) is 0 Å². The maximum Gasteiger partial charge on any atom is 0.308 e. The fourth-order valence-electron chi connectivity index (χ4n) is 2.21. The molecule has 0 saturated heterocycles. The van der Waals surface area contributed by atoms with Crippen LogP contribution in [0, 0.1) is 11.8 Å². The van der Waals surface area contributed by atoms with Crippen molar-refractivity contribution in [3.8, 4) is 0 Å². The third-order valence-electron chi connectivity index (χ3n) is 3.06. The van der Waals surface area contributed by atoms with Gasteiger partial charge in [0, 0.05) is 6.04 Å². The van der Waals surface area contributed by atoms with Crippen LogP contribution in [0.3, 0.4) is 0 Å². The normalized spacial score (nSPS) is 34.9. The van der Waals surface area contributed by atoms with Gasteiger partial charge in [-0.2, -0.15) is 0 Å². The number of hydrogen-bond acceptors (Lipinski definition) is 2. The summed E-state index contributed by atoms with van der Waals surface area (Å²) in [6.07, 6.45) is 2.91. The maximum atomic E-state index is 10.9. The van der Waals surface area contributed by atoms with Crippen molar-refractivity contribution >= 4 is 5.97 Å². The van der Waals surface area contributed by atoms with Crippen molar-refractivity contribution in [3.05, 3.63) is 0 Å². The van der Waals surface area contributed by atoms with Gasteiger partial charge in [-0.1, -0.05) is 6.92 Å². The van der Waals surface area contributed by atoms with Gasteiger partial charge in [-0.25, -0.2) is 0 Å². The largest absolute Gasteiger partial charge is 0.481 e. The first-order valence-corrected chi connectivity index (χ1v) is 4.91. The third kappa shape index (κ3) is 2.44. The van der Waals surface area contributed by atoms with Crippen LogP contribution in [0.2, 0.25) is 0 Å². The van der Waals surface area contributed by atoms with Crippen molar-refractivity contribution in [1.82, 2.24) is 4.90 Å². The Kier molecular flexibility index (Phi) is 3.31. The molecule has 0 aromatic carbocycles. The van der Waals surface area contributed by atoms with Gasteiger partial charge >= 0.3 is 5.97 Å². The highest BCUT2D eigenvalue weighted by Gasteiger charge is 2.34. The van der Waals surface area contributed by atoms with E-state index in [4.69, 9.17) is 5.11 Å². The number of rotatable bonds is 2. The number of carboxylic acid groups (broad SMARTS) is 1. The monoisotopic (exact) mass is 185 g/mol. The molecule has 1 aliphatic carbocycles. The van der Waals surface area contributed by atoms with Crippen molar-refractivity contribution in [3.63, 3.8) is 0 Å². The Hall–Kier alpha value is -0.570. The third-order valence-corrected chi connectivity index (χ3v) is 3.06. The minimum Gasteiger partial charge on any atom is -0.481 e. The first-order chi connectivity index (χ1) is 6.02. The number of hydrogen-bond donors (Lipinski definition) is 1. The maximum absolute atomic E-state index is 10.9. The predicted molar refractivity (Wildman–Crippen MR) is 51.6 cm³/mol. The Morgan fingerprint density at radius 2 is 2.00 bits per heavy atom. The van der Waals surface area contributed by atoms with Crippen LogP contribution < -0.4 is 0 Å². The molecule has 76 valence electrons. The van der Waals surface area contributed by atoms with E-state index in [0.29, 0.717) is 5.92 Å². The van der Waals surface area contributed by atoms with Gasteiger partial charge in [0.15, 0.2) is 0 Å². The summed E-state index contributed by atoms with van der Waals surface area (Å²) in [5.74, 6) is -0.125. The van der Waals surface area contributed by atoms with Gasteiger partial charge in [0.1, 0.15) is 0 Å². The lowest BCUT2D eigenvalue weighted by atomic mass is 9.78. The molecular formula is C10H19NO2. The molecule has 3 atom stereocenters. The Bertz CT molecular complexity index is 191. The van der Waals surface area contributed by atoms with Gasteiger partial charge in [0.2, 0.25) is 0 Å². The number of carbonyl (C=O) groups is 1. The van der Waals surface area contributed by atoms with Gasteiger partial charge < -0.3 is 10.0 Å². The second kappa shape index (κ2) is 4.09. The number of aliphatic carboxylic acids is 1. The van der Waals surface area contributed by atoms with E-state index in [2.05, 4.69) is 11.8 Å². The van der Waals surface area contributed by atoms with E-state index < -0.39 is 5.97 Å². The molecule has 3 unspecified atom stereocenters. The zero-order valence-corrected chi connectivity index (χ0v) is 8.66. The summed E-state index contributed by atoms with van der Waals surface area (Å²) in [4.78, 5) is 13.0. The first-order valence-electron chi connectivity index (χ1n) is 4.91. The quantitative estimate of drug-likeness (QED) is 0.707. The highest BCUT2D eigenvalue weighted by atomic mass is 16.4. The van der Waals surface area contributed by atoms with Gasteiger partial charge in [0.05, 0.1) is 5.92 Å². The molecule has 3 heteroatoms. The van der Waals surface area contributed by atoms with Crippen LogP contribution in [0.25, 0.3) is 0 Å². The summed E-state index contributed by atoms with van der Waals surface area (Å²) in [7, 11) is 3.94. The van der Waals surface area contributed by atoms with Crippen LogP contribution in [-0.4, -0.2) is 36.1 Å². The molecule has 3 nitrogen and oxygen atoms in total. The summed E-state index contributed by atoms with van der Waals surface area (Å²) in [6.45, 7) is 2.20. The van der Waals surface area contributed by atoms with Gasteiger partial charge in [-0.05, 0) is 39.3 Å². The molecule has 13 heavy (non-hydrogen) atoms. The zero-order chi connectivity index (χ0) is 10.0. The minimum absolute atomic E-state index is 0.161. The minimum atomic E-state index is -0.634. The van der Waals surface area contributed by atoms with E-state index in [0.717, 1.165) is 19.3 Å². The Balaban J connectivity index is 2.66. The van der Waals surface area contributed by atoms with E-state index in [1.165, 1.54) is 0 Å². The van der Waals surface area contributed by atoms with Gasteiger partial charge in [-0.3, -0.25) is 4.79 Å². The lowest BCUT2D eigenvalue weighted by molar-refractivity contribution is -0.145. The summed E-state index contributed by atoms with van der Waals surface area (Å²) in [5.41, 5.74) is 0. The number of carboxylic acids is 1. The predicted octanol–water partition coefficient (Wildman–Crippen LogP) is 1.44. The Labute approximate surface area is 79.7 Å². The lowest BCUT2D eigenvalue weighted by Gasteiger charge is -2.36. The summed E-state index contributed by atoms with van der Waals surface area (Å²) >= 11 is 0. The average molecular weight is 185 g/mol. The molecule has 0 amide bonds. The van der Waals surface area contributed by atoms with Crippen molar-refractivity contribution < 1.29 is 9.90 Å². The molecule has 1 N–H and O–H groups in total. The molecule has 0 aromatic heterocycles. The SMILES string of the molecule is CC1CCC(C(=O)O)C(N(C)C)C1. The van der Waals surface area contributed by atoms with Crippen molar-refractivity contribution in [2.24, 2.45) is 11.8 Å². The van der Waals surface area contributed by atoms with Crippen LogP contribution in [0.5, 0.6) is 0 Å². The van der Waals surface area contributed by atoms with E-state index in [9.17, 15) is 4.79 Å². The fourth-order valence-corrected chi connectivity index (χ4v) is 2.21. The highest BCUT2D eigenvalue weighted by Crippen LogP contribution is 2.31. The van der Waals surface area contributed by atoms with Crippen molar-refractivity contribution in [2.45, 2.75) is 32.2 Å². The van der Waals surface area contributed by atoms with E-state index >= 15 is 0 Å². The van der Waals surface area contributed by atoms with Crippen LogP contribution >= 0.6 is 0 Å². The topological polar surface area (TPSA) is 40.5 Å². The van der Waals surface area contributed by atoms with E-state index in [1.54, 1.807) is 0 Å². The summed E-state index contributed by atoms with van der Waals surface area (Å²) in [5, 5.41) is 9.02. The van der Waals surface area contributed by atoms with Crippen molar-refractivity contribution in [2.75, 3.05) is 14.1 Å². The van der Waals surface area contributed by atoms with Crippen LogP contribution in [0.15, 0.2) is 0 Å². The highest BCUT2D eigenvalue weighted by molar-refractivity contribution is 5.71. The molecule has 0 aromatic rings. The second-order valence-corrected chi connectivity index (χ2v) is 4.39. The van der Waals surface area contributed by atoms with Crippen LogP contribution in [-0.2, 0) is 4.79 Å². The zero-order valence-electron chi connectivity index (χ0n) is 8.66. The molecule has 1 saturated carbocycles. The number of nitrogens with zero attached hydrogens (tertiary/aromatic N) is 1. The van der Waals surface area contributed by atoms with Crippen molar-refractivity contribution in [1.29, 1.82) is 0 Å². The molecule has 0 radical (unpaired) electrons. The average Bonchev–Trinajstić information content (AvgIpc) is 2.03. The molecule has 0 bridgehead atoms. The molecular weight excluding hydrogens is 166 g/mol. The van der Waals surface area contributed by atoms with Crippen LogP contribution in [0.1, 0.15) is 26.2 Å². The van der Waals surface area contributed by atoms with Gasteiger partial charge in [-0.15, -0.1) is 0 Å². The van der Waals surface area contributed by atoms with Crippen LogP contribution in [0.4, 0.5) is 0 Å². The molecule has 1 rings (SSSR count). The fraction of sp³-hybridized carbons (Fsp3) is 0.900. The lowest BCUT2D eigenvalue weighted by Crippen LogP contribution is -2.43. The standard InChI is InChI=1S/C10H19NO2/c1-7-4-5-8(10(12)13)9(6-7)11(2)3/h7-9H,4-6H2,1-3H3,(H,12,13). The Morgan fingerprint density at radius 3 is 2.46 bits per heavy atom. The van der Waals surface area contributed by atoms with E-state index in [-0.39, 0.29) is 12.0 Å². The molecule has 1 fully saturated rings. The Morgan fingerprint density at radius 1 is 1.38 bits per heavy atom. The second-order valence-electron chi connectivity index (χ2n) is 4.39. The summed E-state index contributed by atoms with van der Waals surface area (Å²) < 4.78 is 0. The van der Waals surface area contributed by atoms with E-state index in [1.807, 2.05) is 14.1 Å². The first kappa shape index (κ1) is 10.5. The smallest absolute Gasteiger partial charge is 0.308 e. The molecule has 1 aliphatic rings. The molecule has 0 heterocycles. The summed E-state index contributed by atoms with van der Waals surface area (Å²) in [6, 6.07) is 0.223.